The van der Waals surface area contributed by atoms with Crippen LogP contribution in [0.1, 0.15) is 23.7 Å². The molecule has 3 atom stereocenters. The number of fused-ring (bicyclic) bond motifs is 1. The molecule has 0 radical (unpaired) electrons. The van der Waals surface area contributed by atoms with E-state index in [2.05, 4.69) is 17.2 Å². The van der Waals surface area contributed by atoms with Gasteiger partial charge in [-0.25, -0.2) is 0 Å². The number of amides is 1. The topological polar surface area (TPSA) is 45.2 Å². The Kier molecular flexibility index (Phi) is 2.99. The molecule has 1 N–H and O–H groups in total. The van der Waals surface area contributed by atoms with Crippen molar-refractivity contribution in [1.29, 1.82) is 0 Å². The van der Waals surface area contributed by atoms with Gasteiger partial charge in [0.2, 0.25) is 0 Å². The number of halogens is 1. The maximum atomic E-state index is 12.6. The van der Waals surface area contributed by atoms with Crippen LogP contribution in [0.2, 0.25) is 5.02 Å². The van der Waals surface area contributed by atoms with Crippen molar-refractivity contribution in [1.82, 2.24) is 15.2 Å². The number of carbonyl (C=O) groups is 1. The number of likely N-dealkylation sites (tertiary alicyclic amines) is 1. The van der Waals surface area contributed by atoms with Gasteiger partial charge in [-0.15, -0.1) is 0 Å². The second-order valence-corrected chi connectivity index (χ2v) is 5.55. The lowest BCUT2D eigenvalue weighted by molar-refractivity contribution is 0.0682. The Balaban J connectivity index is 1.90. The van der Waals surface area contributed by atoms with Crippen LogP contribution in [-0.4, -0.2) is 41.0 Å². The Morgan fingerprint density at radius 3 is 3.17 bits per heavy atom. The molecule has 5 heteroatoms. The number of pyridine rings is 1. The van der Waals surface area contributed by atoms with Crippen LogP contribution in [0.25, 0.3) is 0 Å². The standard InChI is InChI=1S/C13H16ClN3O/c1-8-4-9-5-16-7-12(9)17(8)13(18)10-2-3-15-6-11(10)14/h2-3,6,8-9,12,16H,4-5,7H2,1H3. The van der Waals surface area contributed by atoms with Gasteiger partial charge < -0.3 is 10.2 Å². The minimum atomic E-state index is 0.0334. The summed E-state index contributed by atoms with van der Waals surface area (Å²) in [4.78, 5) is 18.5. The maximum Gasteiger partial charge on any atom is 0.256 e. The zero-order valence-electron chi connectivity index (χ0n) is 10.3. The van der Waals surface area contributed by atoms with Gasteiger partial charge in [-0.1, -0.05) is 11.6 Å². The van der Waals surface area contributed by atoms with E-state index in [0.29, 0.717) is 28.6 Å². The van der Waals surface area contributed by atoms with Crippen LogP contribution in [0.4, 0.5) is 0 Å². The molecule has 0 aromatic carbocycles. The number of nitrogens with one attached hydrogen (secondary N) is 1. The highest BCUT2D eigenvalue weighted by atomic mass is 35.5. The van der Waals surface area contributed by atoms with Gasteiger partial charge in [0.1, 0.15) is 0 Å². The molecule has 2 aliphatic heterocycles. The summed E-state index contributed by atoms with van der Waals surface area (Å²) in [6.45, 7) is 4.03. The third-order valence-corrected chi connectivity index (χ3v) is 4.32. The van der Waals surface area contributed by atoms with Crippen molar-refractivity contribution in [2.24, 2.45) is 5.92 Å². The van der Waals surface area contributed by atoms with E-state index in [-0.39, 0.29) is 5.91 Å². The van der Waals surface area contributed by atoms with Crippen LogP contribution in [0.3, 0.4) is 0 Å². The zero-order valence-corrected chi connectivity index (χ0v) is 11.0. The van der Waals surface area contributed by atoms with E-state index in [0.717, 1.165) is 19.5 Å². The Morgan fingerprint density at radius 2 is 2.39 bits per heavy atom. The van der Waals surface area contributed by atoms with Crippen LogP contribution in [0.5, 0.6) is 0 Å². The van der Waals surface area contributed by atoms with Crippen LogP contribution in [0.15, 0.2) is 18.5 Å². The van der Waals surface area contributed by atoms with Crippen molar-refractivity contribution in [3.63, 3.8) is 0 Å². The molecule has 3 heterocycles. The van der Waals surface area contributed by atoms with Crippen molar-refractivity contribution < 1.29 is 4.79 Å². The lowest BCUT2D eigenvalue weighted by atomic mass is 10.0. The Hall–Kier alpha value is -1.13. The van der Waals surface area contributed by atoms with Crippen LogP contribution in [0, 0.1) is 5.92 Å². The Bertz CT molecular complexity index is 479. The average Bonchev–Trinajstić information content (AvgIpc) is 2.88. The molecular formula is C13H16ClN3O. The fraction of sp³-hybridized carbons (Fsp3) is 0.538. The van der Waals surface area contributed by atoms with Gasteiger partial charge in [0.15, 0.2) is 0 Å². The van der Waals surface area contributed by atoms with Crippen molar-refractivity contribution in [2.75, 3.05) is 13.1 Å². The second-order valence-electron chi connectivity index (χ2n) is 5.14. The third-order valence-electron chi connectivity index (χ3n) is 4.02. The average molecular weight is 266 g/mol. The molecule has 0 saturated carbocycles. The fourth-order valence-electron chi connectivity index (χ4n) is 3.20. The number of carbonyl (C=O) groups excluding carboxylic acids is 1. The number of nitrogens with zero attached hydrogens (tertiary/aromatic N) is 2. The van der Waals surface area contributed by atoms with Gasteiger partial charge in [-0.2, -0.15) is 0 Å². The van der Waals surface area contributed by atoms with E-state index in [1.165, 1.54) is 6.20 Å². The maximum absolute atomic E-state index is 12.6. The highest BCUT2D eigenvalue weighted by Crippen LogP contribution is 2.34. The first-order chi connectivity index (χ1) is 8.68. The highest BCUT2D eigenvalue weighted by molar-refractivity contribution is 6.33. The number of hydrogen-bond donors (Lipinski definition) is 1. The molecule has 96 valence electrons. The monoisotopic (exact) mass is 265 g/mol. The number of rotatable bonds is 1. The van der Waals surface area contributed by atoms with E-state index in [1.807, 2.05) is 4.90 Å². The summed E-state index contributed by atoms with van der Waals surface area (Å²) in [6, 6.07) is 2.31. The van der Waals surface area contributed by atoms with Crippen molar-refractivity contribution in [2.45, 2.75) is 25.4 Å². The first kappa shape index (κ1) is 11.9. The quantitative estimate of drug-likeness (QED) is 0.838. The molecule has 1 aromatic heterocycles. The van der Waals surface area contributed by atoms with Gasteiger partial charge in [-0.05, 0) is 25.3 Å². The summed E-state index contributed by atoms with van der Waals surface area (Å²) in [5, 5.41) is 3.79. The van der Waals surface area contributed by atoms with E-state index in [1.54, 1.807) is 12.3 Å². The normalized spacial score (nSPS) is 30.6. The Morgan fingerprint density at radius 1 is 1.56 bits per heavy atom. The summed E-state index contributed by atoms with van der Waals surface area (Å²) in [5.41, 5.74) is 0.561. The summed E-state index contributed by atoms with van der Waals surface area (Å²) in [5.74, 6) is 0.621. The van der Waals surface area contributed by atoms with Gasteiger partial charge in [0.25, 0.3) is 5.91 Å². The fourth-order valence-corrected chi connectivity index (χ4v) is 3.40. The molecule has 0 aliphatic carbocycles. The van der Waals surface area contributed by atoms with E-state index < -0.39 is 0 Å². The second kappa shape index (κ2) is 4.52. The lowest BCUT2D eigenvalue weighted by Crippen LogP contribution is -2.42. The first-order valence-corrected chi connectivity index (χ1v) is 6.69. The molecule has 2 aliphatic rings. The molecule has 0 spiro atoms. The van der Waals surface area contributed by atoms with Crippen LogP contribution < -0.4 is 5.32 Å². The van der Waals surface area contributed by atoms with Crippen molar-refractivity contribution >= 4 is 17.5 Å². The molecule has 2 fully saturated rings. The summed E-state index contributed by atoms with van der Waals surface area (Å²) in [7, 11) is 0. The molecule has 1 aromatic rings. The smallest absolute Gasteiger partial charge is 0.256 e. The lowest BCUT2D eigenvalue weighted by Gasteiger charge is -2.28. The van der Waals surface area contributed by atoms with Gasteiger partial charge in [0.05, 0.1) is 10.6 Å². The number of hydrogen-bond acceptors (Lipinski definition) is 3. The molecule has 3 rings (SSSR count). The minimum absolute atomic E-state index is 0.0334. The number of aromatic nitrogens is 1. The van der Waals surface area contributed by atoms with Crippen LogP contribution in [-0.2, 0) is 0 Å². The van der Waals surface area contributed by atoms with Crippen molar-refractivity contribution in [3.05, 3.63) is 29.0 Å². The summed E-state index contributed by atoms with van der Waals surface area (Å²) in [6.07, 6.45) is 4.22. The van der Waals surface area contributed by atoms with Gasteiger partial charge in [-0.3, -0.25) is 9.78 Å². The molecule has 2 saturated heterocycles. The molecule has 4 nitrogen and oxygen atoms in total. The summed E-state index contributed by atoms with van der Waals surface area (Å²) >= 11 is 6.06. The molecule has 3 unspecified atom stereocenters. The molecule has 18 heavy (non-hydrogen) atoms. The van der Waals surface area contributed by atoms with Crippen LogP contribution >= 0.6 is 11.6 Å². The largest absolute Gasteiger partial charge is 0.331 e. The van der Waals surface area contributed by atoms with E-state index >= 15 is 0 Å². The summed E-state index contributed by atoms with van der Waals surface area (Å²) < 4.78 is 0. The molecule has 1 amide bonds. The highest BCUT2D eigenvalue weighted by Gasteiger charge is 2.44. The predicted molar refractivity (Wildman–Crippen MR) is 69.6 cm³/mol. The minimum Gasteiger partial charge on any atom is -0.331 e. The van der Waals surface area contributed by atoms with Gasteiger partial charge in [0, 0.05) is 37.6 Å². The Labute approximate surface area is 111 Å². The predicted octanol–water partition coefficient (Wildman–Crippen LogP) is 1.56. The van der Waals surface area contributed by atoms with E-state index in [4.69, 9.17) is 11.6 Å². The van der Waals surface area contributed by atoms with E-state index in [9.17, 15) is 4.79 Å². The SMILES string of the molecule is CC1CC2CNCC2N1C(=O)c1ccncc1Cl. The first-order valence-electron chi connectivity index (χ1n) is 6.31. The molecule has 0 bridgehead atoms. The van der Waals surface area contributed by atoms with Crippen molar-refractivity contribution in [3.8, 4) is 0 Å². The van der Waals surface area contributed by atoms with Gasteiger partial charge >= 0.3 is 0 Å². The third kappa shape index (κ3) is 1.80. The molecular weight excluding hydrogens is 250 g/mol. The zero-order chi connectivity index (χ0) is 12.7.